The summed E-state index contributed by atoms with van der Waals surface area (Å²) in [5, 5.41) is 9.30. The number of amides is 2. The van der Waals surface area contributed by atoms with Crippen LogP contribution in [0.3, 0.4) is 0 Å². The van der Waals surface area contributed by atoms with E-state index in [2.05, 4.69) is 16.0 Å². The zero-order chi connectivity index (χ0) is 15.4. The smallest absolute Gasteiger partial charge is 0.239 e. The van der Waals surface area contributed by atoms with Gasteiger partial charge in [-0.25, -0.2) is 0 Å². The highest BCUT2D eigenvalue weighted by molar-refractivity contribution is 5.87. The third kappa shape index (κ3) is 5.08. The lowest BCUT2D eigenvalue weighted by Gasteiger charge is -2.24. The largest absolute Gasteiger partial charge is 0.352 e. The molecule has 1 heterocycles. The van der Waals surface area contributed by atoms with Crippen molar-refractivity contribution in [2.75, 3.05) is 6.54 Å². The average molecular weight is 344 g/mol. The van der Waals surface area contributed by atoms with E-state index < -0.39 is 0 Å². The Bertz CT molecular complexity index is 399. The second kappa shape index (κ2) is 8.88. The molecule has 3 N–H and O–H groups in total. The second-order valence-electron chi connectivity index (χ2n) is 7.23. The summed E-state index contributed by atoms with van der Waals surface area (Å²) in [6, 6.07) is 0.724. The Kier molecular flexibility index (Phi) is 7.15. The molecule has 3 atom stereocenters. The molecule has 0 aromatic rings. The van der Waals surface area contributed by atoms with Gasteiger partial charge in [0.15, 0.2) is 0 Å². The van der Waals surface area contributed by atoms with Crippen molar-refractivity contribution in [2.45, 2.75) is 82.3 Å². The predicted molar refractivity (Wildman–Crippen MR) is 92.6 cm³/mol. The highest BCUT2D eigenvalue weighted by atomic mass is 35.5. The number of hydrogen-bond donors (Lipinski definition) is 3. The molecule has 3 rings (SSSR count). The number of rotatable bonds is 4. The van der Waals surface area contributed by atoms with Gasteiger partial charge in [-0.05, 0) is 38.0 Å². The van der Waals surface area contributed by atoms with E-state index in [4.69, 9.17) is 0 Å². The van der Waals surface area contributed by atoms with Crippen LogP contribution in [0.4, 0.5) is 0 Å². The van der Waals surface area contributed by atoms with Crippen molar-refractivity contribution >= 4 is 24.2 Å². The summed E-state index contributed by atoms with van der Waals surface area (Å²) >= 11 is 0. The van der Waals surface area contributed by atoms with Gasteiger partial charge < -0.3 is 16.0 Å². The molecule has 132 valence electrons. The Morgan fingerprint density at radius 1 is 0.957 bits per heavy atom. The summed E-state index contributed by atoms with van der Waals surface area (Å²) in [5.74, 6) is 0.601. The lowest BCUT2D eigenvalue weighted by atomic mass is 9.85. The molecule has 23 heavy (non-hydrogen) atoms. The molecule has 0 spiro atoms. The number of fused-ring (bicyclic) bond motifs is 1. The summed E-state index contributed by atoms with van der Waals surface area (Å²) < 4.78 is 0. The van der Waals surface area contributed by atoms with Gasteiger partial charge in [-0.1, -0.05) is 32.1 Å². The third-order valence-corrected chi connectivity index (χ3v) is 5.57. The summed E-state index contributed by atoms with van der Waals surface area (Å²) in [6.07, 6.45) is 11.8. The highest BCUT2D eigenvalue weighted by Gasteiger charge is 2.38. The average Bonchev–Trinajstić information content (AvgIpc) is 2.98. The molecule has 0 bridgehead atoms. The second-order valence-corrected chi connectivity index (χ2v) is 7.23. The van der Waals surface area contributed by atoms with Gasteiger partial charge in [-0.2, -0.15) is 0 Å². The van der Waals surface area contributed by atoms with Gasteiger partial charge in [0.05, 0.1) is 12.6 Å². The van der Waals surface area contributed by atoms with E-state index in [0.717, 1.165) is 19.3 Å². The van der Waals surface area contributed by atoms with Gasteiger partial charge in [0.2, 0.25) is 11.8 Å². The summed E-state index contributed by atoms with van der Waals surface area (Å²) in [7, 11) is 0. The van der Waals surface area contributed by atoms with Gasteiger partial charge in [0.25, 0.3) is 0 Å². The fourth-order valence-electron chi connectivity index (χ4n) is 4.34. The van der Waals surface area contributed by atoms with Crippen LogP contribution in [-0.4, -0.2) is 36.5 Å². The molecule has 0 aromatic heterocycles. The molecular weight excluding hydrogens is 314 g/mol. The Hall–Kier alpha value is -0.810. The number of nitrogens with one attached hydrogen (secondary N) is 3. The van der Waals surface area contributed by atoms with Crippen LogP contribution in [0.5, 0.6) is 0 Å². The van der Waals surface area contributed by atoms with Crippen molar-refractivity contribution in [1.82, 2.24) is 16.0 Å². The first-order chi connectivity index (χ1) is 10.7. The molecule has 5 nitrogen and oxygen atoms in total. The molecule has 2 aliphatic carbocycles. The Balaban J connectivity index is 0.00000192. The molecule has 1 saturated heterocycles. The molecule has 3 unspecified atom stereocenters. The van der Waals surface area contributed by atoms with E-state index in [1.54, 1.807) is 0 Å². The summed E-state index contributed by atoms with van der Waals surface area (Å²) in [4.78, 5) is 24.2. The number of halogens is 1. The van der Waals surface area contributed by atoms with E-state index in [9.17, 15) is 9.59 Å². The predicted octanol–water partition coefficient (Wildman–Crippen LogP) is 1.89. The van der Waals surface area contributed by atoms with Crippen LogP contribution in [0.25, 0.3) is 0 Å². The molecule has 1 aliphatic heterocycles. The molecule has 3 fully saturated rings. The zero-order valence-corrected chi connectivity index (χ0v) is 14.6. The first-order valence-electron chi connectivity index (χ1n) is 9.05. The fraction of sp³-hybridized carbons (Fsp3) is 0.882. The van der Waals surface area contributed by atoms with Crippen LogP contribution < -0.4 is 16.0 Å². The molecule has 0 radical (unpaired) electrons. The fourth-order valence-corrected chi connectivity index (χ4v) is 4.34. The number of carbonyl (C=O) groups is 2. The molecule has 2 amide bonds. The standard InChI is InChI=1S/C17H29N3O2.ClH/c21-16(19-13-7-2-1-3-8-13)11-18-17(22)15-10-12-6-4-5-9-14(12)20-15;/h12-15,20H,1-11H2,(H,18,22)(H,19,21);1H. The van der Waals surface area contributed by atoms with E-state index in [0.29, 0.717) is 18.0 Å². The normalized spacial score (nSPS) is 30.9. The van der Waals surface area contributed by atoms with Gasteiger partial charge in [0, 0.05) is 12.1 Å². The lowest BCUT2D eigenvalue weighted by Crippen LogP contribution is -2.47. The van der Waals surface area contributed by atoms with Crippen LogP contribution in [0, 0.1) is 5.92 Å². The summed E-state index contributed by atoms with van der Waals surface area (Å²) in [5.41, 5.74) is 0. The van der Waals surface area contributed by atoms with Crippen LogP contribution in [0.1, 0.15) is 64.2 Å². The van der Waals surface area contributed by atoms with Crippen LogP contribution >= 0.6 is 12.4 Å². The van der Waals surface area contributed by atoms with Crippen molar-refractivity contribution in [3.05, 3.63) is 0 Å². The van der Waals surface area contributed by atoms with Crippen molar-refractivity contribution in [3.63, 3.8) is 0 Å². The topological polar surface area (TPSA) is 70.2 Å². The Morgan fingerprint density at radius 3 is 2.39 bits per heavy atom. The third-order valence-electron chi connectivity index (χ3n) is 5.57. The van der Waals surface area contributed by atoms with Crippen LogP contribution in [0.15, 0.2) is 0 Å². The van der Waals surface area contributed by atoms with Crippen molar-refractivity contribution < 1.29 is 9.59 Å². The van der Waals surface area contributed by atoms with E-state index in [1.165, 1.54) is 44.9 Å². The first kappa shape index (κ1) is 18.5. The minimum Gasteiger partial charge on any atom is -0.352 e. The van der Waals surface area contributed by atoms with E-state index in [-0.39, 0.29) is 36.8 Å². The van der Waals surface area contributed by atoms with Crippen LogP contribution in [-0.2, 0) is 9.59 Å². The first-order valence-corrected chi connectivity index (χ1v) is 9.05. The van der Waals surface area contributed by atoms with Gasteiger partial charge in [0.1, 0.15) is 0 Å². The lowest BCUT2D eigenvalue weighted by molar-refractivity contribution is -0.127. The molecule has 0 aromatic carbocycles. The van der Waals surface area contributed by atoms with E-state index >= 15 is 0 Å². The SMILES string of the molecule is Cl.O=C(CNC(=O)C1CC2CCCCC2N1)NC1CCCCC1. The maximum atomic E-state index is 12.2. The maximum absolute atomic E-state index is 12.2. The highest BCUT2D eigenvalue weighted by Crippen LogP contribution is 2.33. The maximum Gasteiger partial charge on any atom is 0.239 e. The van der Waals surface area contributed by atoms with Gasteiger partial charge in [-0.15, -0.1) is 12.4 Å². The summed E-state index contributed by atoms with van der Waals surface area (Å²) in [6.45, 7) is 0.114. The minimum atomic E-state index is -0.101. The number of carbonyl (C=O) groups excluding carboxylic acids is 2. The minimum absolute atomic E-state index is 0. The van der Waals surface area contributed by atoms with Gasteiger partial charge in [-0.3, -0.25) is 9.59 Å². The van der Waals surface area contributed by atoms with Crippen LogP contribution in [0.2, 0.25) is 0 Å². The van der Waals surface area contributed by atoms with Gasteiger partial charge >= 0.3 is 0 Å². The Morgan fingerprint density at radius 2 is 1.65 bits per heavy atom. The number of hydrogen-bond acceptors (Lipinski definition) is 3. The monoisotopic (exact) mass is 343 g/mol. The van der Waals surface area contributed by atoms with Crippen molar-refractivity contribution in [2.24, 2.45) is 5.92 Å². The molecule has 6 heteroatoms. The Labute approximate surface area is 145 Å². The molecular formula is C17H30ClN3O2. The zero-order valence-electron chi connectivity index (χ0n) is 13.8. The van der Waals surface area contributed by atoms with Crippen molar-refractivity contribution in [1.29, 1.82) is 0 Å². The molecule has 3 aliphatic rings. The van der Waals surface area contributed by atoms with Crippen molar-refractivity contribution in [3.8, 4) is 0 Å². The quantitative estimate of drug-likeness (QED) is 0.730. The molecule has 2 saturated carbocycles. The van der Waals surface area contributed by atoms with E-state index in [1.807, 2.05) is 0 Å².